The molecule has 1 aliphatic rings. The van der Waals surface area contributed by atoms with Gasteiger partial charge in [-0.05, 0) is 52.1 Å². The molecule has 1 rings (SSSR count). The molecule has 0 aliphatic carbocycles. The van der Waals surface area contributed by atoms with E-state index in [9.17, 15) is 9.90 Å². The molecule has 0 aromatic carbocycles. The molecule has 2 atom stereocenters. The van der Waals surface area contributed by atoms with Crippen LogP contribution in [-0.4, -0.2) is 47.7 Å². The maximum atomic E-state index is 12.0. The van der Waals surface area contributed by atoms with Gasteiger partial charge in [0.25, 0.3) is 0 Å². The molecule has 19 heavy (non-hydrogen) atoms. The van der Waals surface area contributed by atoms with Crippen molar-refractivity contribution in [3.63, 3.8) is 0 Å². The van der Waals surface area contributed by atoms with Gasteiger partial charge < -0.3 is 10.4 Å². The van der Waals surface area contributed by atoms with Crippen molar-refractivity contribution in [2.24, 2.45) is 5.92 Å². The molecule has 1 aliphatic heterocycles. The van der Waals surface area contributed by atoms with Gasteiger partial charge in [-0.2, -0.15) is 0 Å². The van der Waals surface area contributed by atoms with Crippen LogP contribution in [0.1, 0.15) is 52.9 Å². The lowest BCUT2D eigenvalue weighted by Gasteiger charge is -2.36. The monoisotopic (exact) mass is 270 g/mol. The van der Waals surface area contributed by atoms with Gasteiger partial charge in [0.1, 0.15) is 0 Å². The minimum absolute atomic E-state index is 0.0448. The van der Waals surface area contributed by atoms with Crippen LogP contribution in [-0.2, 0) is 4.79 Å². The number of carbonyl (C=O) groups is 1. The molecule has 1 heterocycles. The summed E-state index contributed by atoms with van der Waals surface area (Å²) in [4.78, 5) is 14.2. The fourth-order valence-electron chi connectivity index (χ4n) is 2.69. The SMILES string of the molecule is CCCCCNC(=O)C(C)N1CCC(C(C)O)CC1. The van der Waals surface area contributed by atoms with Crippen LogP contribution in [0.3, 0.4) is 0 Å². The molecule has 0 aromatic heterocycles. The molecule has 2 unspecified atom stereocenters. The number of rotatable bonds is 7. The standard InChI is InChI=1S/C15H30N2O2/c1-4-5-6-9-16-15(19)12(2)17-10-7-14(8-11-17)13(3)18/h12-14,18H,4-11H2,1-3H3,(H,16,19). The summed E-state index contributed by atoms with van der Waals surface area (Å²) in [5, 5.41) is 12.6. The molecule has 1 fully saturated rings. The van der Waals surface area contributed by atoms with Crippen LogP contribution in [0.5, 0.6) is 0 Å². The highest BCUT2D eigenvalue weighted by Gasteiger charge is 2.27. The predicted molar refractivity (Wildman–Crippen MR) is 78.0 cm³/mol. The summed E-state index contributed by atoms with van der Waals surface area (Å²) in [5.74, 6) is 0.544. The largest absolute Gasteiger partial charge is 0.393 e. The van der Waals surface area contributed by atoms with Gasteiger partial charge in [-0.1, -0.05) is 19.8 Å². The van der Waals surface area contributed by atoms with E-state index in [1.165, 1.54) is 12.8 Å². The summed E-state index contributed by atoms with van der Waals surface area (Å²) in [6.07, 6.45) is 5.18. The van der Waals surface area contributed by atoms with Gasteiger partial charge in [0.2, 0.25) is 5.91 Å². The third kappa shape index (κ3) is 5.49. The number of aliphatic hydroxyl groups is 1. The van der Waals surface area contributed by atoms with E-state index in [4.69, 9.17) is 0 Å². The smallest absolute Gasteiger partial charge is 0.237 e. The Hall–Kier alpha value is -0.610. The van der Waals surface area contributed by atoms with Crippen LogP contribution in [0.25, 0.3) is 0 Å². The zero-order chi connectivity index (χ0) is 14.3. The molecule has 2 N–H and O–H groups in total. The second-order valence-electron chi connectivity index (χ2n) is 5.79. The number of aliphatic hydroxyl groups excluding tert-OH is 1. The average Bonchev–Trinajstić information content (AvgIpc) is 2.42. The Kier molecular flexibility index (Phi) is 7.39. The number of carbonyl (C=O) groups excluding carboxylic acids is 1. The van der Waals surface area contributed by atoms with Crippen molar-refractivity contribution in [2.75, 3.05) is 19.6 Å². The van der Waals surface area contributed by atoms with E-state index >= 15 is 0 Å². The van der Waals surface area contributed by atoms with Crippen molar-refractivity contribution < 1.29 is 9.90 Å². The quantitative estimate of drug-likeness (QED) is 0.693. The normalized spacial score (nSPS) is 21.1. The van der Waals surface area contributed by atoms with E-state index in [0.717, 1.165) is 38.9 Å². The molecular weight excluding hydrogens is 240 g/mol. The fraction of sp³-hybridized carbons (Fsp3) is 0.933. The summed E-state index contributed by atoms with van der Waals surface area (Å²) in [6, 6.07) is -0.0448. The Morgan fingerprint density at radius 3 is 2.47 bits per heavy atom. The minimum Gasteiger partial charge on any atom is -0.393 e. The maximum Gasteiger partial charge on any atom is 0.237 e. The van der Waals surface area contributed by atoms with Crippen LogP contribution >= 0.6 is 0 Å². The zero-order valence-electron chi connectivity index (χ0n) is 12.7. The first kappa shape index (κ1) is 16.4. The molecule has 1 amide bonds. The van der Waals surface area contributed by atoms with Crippen LogP contribution < -0.4 is 5.32 Å². The first-order valence-electron chi connectivity index (χ1n) is 7.76. The second kappa shape index (κ2) is 8.54. The second-order valence-corrected chi connectivity index (χ2v) is 5.79. The Labute approximate surface area is 117 Å². The van der Waals surface area contributed by atoms with Crippen LogP contribution in [0.2, 0.25) is 0 Å². The number of piperidine rings is 1. The molecule has 0 aromatic rings. The van der Waals surface area contributed by atoms with E-state index in [-0.39, 0.29) is 18.1 Å². The van der Waals surface area contributed by atoms with Gasteiger partial charge >= 0.3 is 0 Å². The van der Waals surface area contributed by atoms with E-state index < -0.39 is 0 Å². The van der Waals surface area contributed by atoms with Gasteiger partial charge in [-0.15, -0.1) is 0 Å². The highest BCUT2D eigenvalue weighted by molar-refractivity contribution is 5.81. The predicted octanol–water partition coefficient (Wildman–Crippen LogP) is 1.77. The Morgan fingerprint density at radius 1 is 1.32 bits per heavy atom. The number of hydrogen-bond donors (Lipinski definition) is 2. The maximum absolute atomic E-state index is 12.0. The number of likely N-dealkylation sites (tertiary alicyclic amines) is 1. The molecule has 0 radical (unpaired) electrons. The van der Waals surface area contributed by atoms with Gasteiger partial charge in [0.05, 0.1) is 12.1 Å². The fourth-order valence-corrected chi connectivity index (χ4v) is 2.69. The minimum atomic E-state index is -0.222. The molecule has 0 saturated carbocycles. The Bertz CT molecular complexity index is 261. The lowest BCUT2D eigenvalue weighted by molar-refractivity contribution is -0.126. The highest BCUT2D eigenvalue weighted by Crippen LogP contribution is 2.21. The van der Waals surface area contributed by atoms with Crippen molar-refractivity contribution in [1.29, 1.82) is 0 Å². The highest BCUT2D eigenvalue weighted by atomic mass is 16.3. The number of hydrogen-bond acceptors (Lipinski definition) is 3. The third-order valence-electron chi connectivity index (χ3n) is 4.26. The molecule has 4 heteroatoms. The molecule has 112 valence electrons. The molecular formula is C15H30N2O2. The van der Waals surface area contributed by atoms with Crippen LogP contribution in [0.4, 0.5) is 0 Å². The molecule has 0 bridgehead atoms. The van der Waals surface area contributed by atoms with Gasteiger partial charge in [-0.25, -0.2) is 0 Å². The number of unbranched alkanes of at least 4 members (excludes halogenated alkanes) is 2. The summed E-state index contributed by atoms with van der Waals surface area (Å²) >= 11 is 0. The average molecular weight is 270 g/mol. The number of nitrogens with one attached hydrogen (secondary N) is 1. The van der Waals surface area contributed by atoms with Crippen molar-refractivity contribution in [1.82, 2.24) is 10.2 Å². The Morgan fingerprint density at radius 2 is 1.95 bits per heavy atom. The first-order chi connectivity index (χ1) is 9.06. The molecule has 0 spiro atoms. The molecule has 1 saturated heterocycles. The van der Waals surface area contributed by atoms with Crippen molar-refractivity contribution >= 4 is 5.91 Å². The molecule has 4 nitrogen and oxygen atoms in total. The van der Waals surface area contributed by atoms with E-state index in [2.05, 4.69) is 17.1 Å². The van der Waals surface area contributed by atoms with Crippen LogP contribution in [0.15, 0.2) is 0 Å². The lowest BCUT2D eigenvalue weighted by atomic mass is 9.91. The van der Waals surface area contributed by atoms with Crippen molar-refractivity contribution in [2.45, 2.75) is 65.0 Å². The van der Waals surface area contributed by atoms with Gasteiger partial charge in [-0.3, -0.25) is 9.69 Å². The summed E-state index contributed by atoms with van der Waals surface area (Å²) < 4.78 is 0. The number of nitrogens with zero attached hydrogens (tertiary/aromatic N) is 1. The van der Waals surface area contributed by atoms with E-state index in [1.54, 1.807) is 0 Å². The number of amides is 1. The third-order valence-corrected chi connectivity index (χ3v) is 4.26. The lowest BCUT2D eigenvalue weighted by Crippen LogP contribution is -2.49. The van der Waals surface area contributed by atoms with E-state index in [1.807, 2.05) is 13.8 Å². The summed E-state index contributed by atoms with van der Waals surface area (Å²) in [7, 11) is 0. The van der Waals surface area contributed by atoms with Gasteiger partial charge in [0, 0.05) is 6.54 Å². The Balaban J connectivity index is 2.26. The summed E-state index contributed by atoms with van der Waals surface area (Å²) in [6.45, 7) is 8.64. The zero-order valence-corrected chi connectivity index (χ0v) is 12.7. The van der Waals surface area contributed by atoms with Crippen molar-refractivity contribution in [3.05, 3.63) is 0 Å². The van der Waals surface area contributed by atoms with Crippen LogP contribution in [0, 0.1) is 5.92 Å². The van der Waals surface area contributed by atoms with Gasteiger partial charge in [0.15, 0.2) is 0 Å². The first-order valence-corrected chi connectivity index (χ1v) is 7.76. The topological polar surface area (TPSA) is 52.6 Å². The van der Waals surface area contributed by atoms with Crippen molar-refractivity contribution in [3.8, 4) is 0 Å². The van der Waals surface area contributed by atoms with E-state index in [0.29, 0.717) is 5.92 Å². The summed E-state index contributed by atoms with van der Waals surface area (Å²) in [5.41, 5.74) is 0.